The maximum atomic E-state index is 12.8. The van der Waals surface area contributed by atoms with Crippen molar-refractivity contribution in [1.82, 2.24) is 14.9 Å². The average molecular weight is 688 g/mol. The number of carbonyl (C=O) groups is 1. The molecule has 6 atom stereocenters. The molecule has 45 heavy (non-hydrogen) atoms. The number of aliphatic hydroxyl groups excluding tert-OH is 2. The number of nitrogens with one attached hydrogen (secondary N) is 2. The van der Waals surface area contributed by atoms with Crippen molar-refractivity contribution in [2.45, 2.75) is 91.3 Å². The predicted molar refractivity (Wildman–Crippen MR) is 160 cm³/mol. The fraction of sp³-hybridized carbons (Fsp3) is 0.808. The van der Waals surface area contributed by atoms with Crippen LogP contribution < -0.4 is 16.6 Å². The second-order valence-corrected chi connectivity index (χ2v) is 15.8. The maximum Gasteiger partial charge on any atom is 0.472 e. The van der Waals surface area contributed by atoms with Gasteiger partial charge in [-0.3, -0.25) is 32.7 Å². The van der Waals surface area contributed by atoms with Crippen molar-refractivity contribution in [1.29, 1.82) is 0 Å². The highest BCUT2D eigenvalue weighted by molar-refractivity contribution is 7.47. The summed E-state index contributed by atoms with van der Waals surface area (Å²) in [4.78, 5) is 66.4. The number of unbranched alkanes of at least 4 members (excludes halogenated alkanes) is 1. The number of amides is 1. The molecule has 2 rings (SSSR count). The molecule has 4 unspecified atom stereocenters. The van der Waals surface area contributed by atoms with Gasteiger partial charge in [0.1, 0.15) is 18.3 Å². The van der Waals surface area contributed by atoms with Crippen LogP contribution in [0.1, 0.15) is 73.0 Å². The van der Waals surface area contributed by atoms with Crippen molar-refractivity contribution >= 4 is 21.6 Å². The van der Waals surface area contributed by atoms with Crippen LogP contribution in [-0.2, 0) is 32.2 Å². The zero-order chi connectivity index (χ0) is 34.2. The van der Waals surface area contributed by atoms with Crippen molar-refractivity contribution in [3.63, 3.8) is 0 Å². The summed E-state index contributed by atoms with van der Waals surface area (Å²) < 4.78 is 44.8. The highest BCUT2D eigenvalue weighted by atomic mass is 31.2. The van der Waals surface area contributed by atoms with Gasteiger partial charge in [0.2, 0.25) is 5.91 Å². The molecule has 2 heterocycles. The summed E-state index contributed by atoms with van der Waals surface area (Å²) in [6.07, 6.45) is -3.01. The largest absolute Gasteiger partial charge is 0.472 e. The molecule has 1 aliphatic heterocycles. The number of H-pyrrole nitrogens is 1. The van der Waals surface area contributed by atoms with Gasteiger partial charge in [-0.1, -0.05) is 41.0 Å². The maximum absolute atomic E-state index is 12.8. The second-order valence-electron chi connectivity index (χ2n) is 13.2. The Morgan fingerprint density at radius 1 is 1.13 bits per heavy atom. The molecule has 1 saturated heterocycles. The minimum absolute atomic E-state index is 0.0556. The van der Waals surface area contributed by atoms with E-state index in [1.54, 1.807) is 0 Å². The minimum Gasteiger partial charge on any atom is -0.396 e. The van der Waals surface area contributed by atoms with Gasteiger partial charge in [0.15, 0.2) is 6.23 Å². The van der Waals surface area contributed by atoms with E-state index in [9.17, 15) is 38.6 Å². The molecule has 0 spiro atoms. The molecule has 0 aliphatic carbocycles. The number of nitrogens with zero attached hydrogens (tertiary/aromatic N) is 1. The monoisotopic (exact) mass is 687 g/mol. The van der Waals surface area contributed by atoms with E-state index in [0.717, 1.165) is 23.3 Å². The van der Waals surface area contributed by atoms with E-state index in [1.807, 2.05) is 4.98 Å². The average Bonchev–Trinajstić information content (AvgIpc) is 3.16. The Kier molecular flexibility index (Phi) is 14.4. The number of carbonyl (C=O) groups excluding carboxylic acids is 1. The Labute approximate surface area is 261 Å². The normalized spacial score (nSPS) is 23.1. The number of aliphatic hydroxyl groups is 2. The molecule has 1 aromatic heterocycles. The predicted octanol–water partition coefficient (Wildman–Crippen LogP) is 1.15. The van der Waals surface area contributed by atoms with E-state index in [-0.39, 0.29) is 16.7 Å². The van der Waals surface area contributed by atoms with Gasteiger partial charge in [-0.05, 0) is 30.1 Å². The van der Waals surface area contributed by atoms with Crippen LogP contribution in [0.2, 0.25) is 0 Å². The molecule has 1 fully saturated rings. The molecule has 1 aliphatic rings. The fourth-order valence-corrected chi connectivity index (χ4v) is 6.77. The number of hydrogen-bond acceptors (Lipinski definition) is 11. The molecule has 17 nitrogen and oxygen atoms in total. The number of rotatable bonds is 18. The molecular formula is C26H47N3O14P2. The van der Waals surface area contributed by atoms with Crippen LogP contribution in [0.4, 0.5) is 0 Å². The van der Waals surface area contributed by atoms with Gasteiger partial charge in [-0.15, -0.1) is 0 Å². The smallest absolute Gasteiger partial charge is 0.396 e. The van der Waals surface area contributed by atoms with E-state index in [2.05, 4.69) is 44.5 Å². The van der Waals surface area contributed by atoms with Crippen molar-refractivity contribution in [3.8, 4) is 0 Å². The van der Waals surface area contributed by atoms with E-state index in [4.69, 9.17) is 23.6 Å². The highest BCUT2D eigenvalue weighted by Crippen LogP contribution is 2.49. The van der Waals surface area contributed by atoms with Gasteiger partial charge in [-0.25, -0.2) is 13.9 Å². The Balaban J connectivity index is 1.92. The van der Waals surface area contributed by atoms with Gasteiger partial charge >= 0.3 is 21.3 Å². The zero-order valence-electron chi connectivity index (χ0n) is 26.2. The van der Waals surface area contributed by atoms with Crippen LogP contribution in [0.5, 0.6) is 0 Å². The molecular weight excluding hydrogens is 640 g/mol. The van der Waals surface area contributed by atoms with Crippen LogP contribution >= 0.6 is 15.6 Å². The number of aromatic amines is 1. The van der Waals surface area contributed by atoms with Gasteiger partial charge in [0.25, 0.3) is 5.56 Å². The summed E-state index contributed by atoms with van der Waals surface area (Å²) in [5.74, 6) is -0.638. The van der Waals surface area contributed by atoms with Crippen molar-refractivity contribution in [2.75, 3.05) is 26.4 Å². The summed E-state index contributed by atoms with van der Waals surface area (Å²) in [6, 6.07) is 0.949. The van der Waals surface area contributed by atoms with Crippen molar-refractivity contribution < 1.29 is 57.1 Å². The number of phosphoric ester groups is 2. The van der Waals surface area contributed by atoms with E-state index in [1.165, 1.54) is 0 Å². The number of hydrogen-bond donors (Lipinski definition) is 7. The topological polar surface area (TPSA) is 256 Å². The molecule has 260 valence electrons. The molecule has 7 N–H and O–H groups in total. The molecule has 0 radical (unpaired) electrons. The summed E-state index contributed by atoms with van der Waals surface area (Å²) >= 11 is 0. The van der Waals surface area contributed by atoms with Crippen LogP contribution in [0.25, 0.3) is 0 Å². The van der Waals surface area contributed by atoms with E-state index >= 15 is 0 Å². The molecule has 0 aromatic carbocycles. The van der Waals surface area contributed by atoms with Gasteiger partial charge < -0.3 is 34.9 Å². The number of aromatic nitrogens is 2. The summed E-state index contributed by atoms with van der Waals surface area (Å²) in [6.45, 7) is 9.17. The standard InChI is InChI=1S/C26H47N3O14P2/c1-25(2,3)16-26(4,5)12-20(32)27-10-7-6-8-17(13-30)14-41-45(38,39)43-22-18(15-40-44(35,36)37)42-23(21(22)33)29-11-9-19(31)28-24(29)34/h9,11,17-18,21-23,30,33H,6-8,10,12-16H2,1-5H3,(H,27,32)(H,38,39)(H,28,31,34)(H2,35,36,37)/t17?,18-,21?,22?,23-/m1/s1. The zero-order valence-corrected chi connectivity index (χ0v) is 27.9. The van der Waals surface area contributed by atoms with E-state index in [0.29, 0.717) is 32.2 Å². The SMILES string of the molecule is CC(C)(C)CC(C)(C)CC(=O)NCCCCC(CO)COP(=O)(O)OC1C(O)[C@H](n2ccc(=O)[nH]c2=O)O[C@@H]1COP(=O)(O)O. The molecule has 0 bridgehead atoms. The fourth-order valence-electron chi connectivity index (χ4n) is 5.40. The lowest BCUT2D eigenvalue weighted by atomic mass is 9.74. The highest BCUT2D eigenvalue weighted by Gasteiger charge is 2.50. The van der Waals surface area contributed by atoms with Crippen LogP contribution in [0.3, 0.4) is 0 Å². The van der Waals surface area contributed by atoms with Crippen LogP contribution in [0, 0.1) is 16.7 Å². The second kappa shape index (κ2) is 16.4. The third-order valence-electron chi connectivity index (χ3n) is 6.84. The first kappa shape index (κ1) is 39.4. The Hall–Kier alpha value is -1.75. The van der Waals surface area contributed by atoms with Crippen LogP contribution in [0.15, 0.2) is 21.9 Å². The first-order valence-electron chi connectivity index (χ1n) is 14.5. The first-order chi connectivity index (χ1) is 20.6. The Morgan fingerprint density at radius 3 is 2.38 bits per heavy atom. The lowest BCUT2D eigenvalue weighted by Crippen LogP contribution is -2.38. The molecule has 1 aromatic rings. The van der Waals surface area contributed by atoms with Gasteiger partial charge in [0.05, 0.1) is 13.2 Å². The van der Waals surface area contributed by atoms with Crippen molar-refractivity contribution in [3.05, 3.63) is 33.1 Å². The third-order valence-corrected chi connectivity index (χ3v) is 8.31. The lowest BCUT2D eigenvalue weighted by Gasteiger charge is -2.31. The Bertz CT molecular complexity index is 1320. The summed E-state index contributed by atoms with van der Waals surface area (Å²) in [5.41, 5.74) is -1.81. The van der Waals surface area contributed by atoms with Gasteiger partial charge in [-0.2, -0.15) is 0 Å². The minimum atomic E-state index is -5.04. The van der Waals surface area contributed by atoms with Crippen molar-refractivity contribution in [2.24, 2.45) is 16.7 Å². The van der Waals surface area contributed by atoms with Gasteiger partial charge in [0, 0.05) is 37.8 Å². The van der Waals surface area contributed by atoms with Crippen LogP contribution in [-0.4, -0.2) is 85.0 Å². The summed E-state index contributed by atoms with van der Waals surface area (Å²) in [5, 5.41) is 23.4. The lowest BCUT2D eigenvalue weighted by molar-refractivity contribution is -0.123. The third kappa shape index (κ3) is 14.3. The van der Waals surface area contributed by atoms with E-state index < -0.39 is 77.2 Å². The summed E-state index contributed by atoms with van der Waals surface area (Å²) in [7, 11) is -10.0. The molecule has 0 saturated carbocycles. The molecule has 19 heteroatoms. The molecule has 1 amide bonds. The first-order valence-corrected chi connectivity index (χ1v) is 17.5. The Morgan fingerprint density at radius 2 is 1.80 bits per heavy atom. The number of phosphoric acid groups is 2. The quantitative estimate of drug-likeness (QED) is 0.0844. The number of ether oxygens (including phenoxy) is 1.